The minimum absolute atomic E-state index is 0.186. The standard InChI is InChI=1S/C28H32N4O4/c1-18(2)16-32-25(28(34)35-4)24(31-27(33)21-12-13-36-17-21)23-14-22(15-29-26(23)32)30-19(3)10-11-20-8-6-5-7-9-20/h5-9,12-15,17-19,30H,10-11,16H2,1-4H3,(H,31,33)/t19-/m1/s1. The van der Waals surface area contributed by atoms with Crippen molar-refractivity contribution in [3.8, 4) is 0 Å². The molecule has 36 heavy (non-hydrogen) atoms. The third-order valence-electron chi connectivity index (χ3n) is 5.97. The highest BCUT2D eigenvalue weighted by atomic mass is 16.5. The third-order valence-corrected chi connectivity index (χ3v) is 5.97. The third kappa shape index (κ3) is 5.59. The van der Waals surface area contributed by atoms with E-state index in [2.05, 4.69) is 43.5 Å². The summed E-state index contributed by atoms with van der Waals surface area (Å²) in [6, 6.07) is 14.0. The first-order valence-corrected chi connectivity index (χ1v) is 12.1. The molecule has 0 fully saturated rings. The van der Waals surface area contributed by atoms with Crippen molar-refractivity contribution < 1.29 is 18.7 Å². The number of nitrogens with zero attached hydrogens (tertiary/aromatic N) is 2. The molecule has 3 aromatic heterocycles. The number of methoxy groups -OCH3 is 1. The molecule has 4 aromatic rings. The Morgan fingerprint density at radius 2 is 1.92 bits per heavy atom. The zero-order chi connectivity index (χ0) is 25.7. The molecule has 1 aromatic carbocycles. The number of nitrogens with one attached hydrogen (secondary N) is 2. The number of aryl methyl sites for hydroxylation is 1. The number of pyridine rings is 1. The van der Waals surface area contributed by atoms with E-state index in [1.54, 1.807) is 12.3 Å². The molecule has 3 heterocycles. The van der Waals surface area contributed by atoms with Gasteiger partial charge in [-0.15, -0.1) is 0 Å². The molecule has 0 saturated carbocycles. The van der Waals surface area contributed by atoms with Crippen LogP contribution in [0.1, 0.15) is 53.6 Å². The van der Waals surface area contributed by atoms with Crippen molar-refractivity contribution in [1.82, 2.24) is 9.55 Å². The number of carbonyl (C=O) groups excluding carboxylic acids is 2. The minimum atomic E-state index is -0.540. The molecule has 0 aliphatic heterocycles. The van der Waals surface area contributed by atoms with Crippen LogP contribution in [0, 0.1) is 5.92 Å². The van der Waals surface area contributed by atoms with E-state index >= 15 is 0 Å². The molecule has 4 rings (SSSR count). The fourth-order valence-corrected chi connectivity index (χ4v) is 4.25. The highest BCUT2D eigenvalue weighted by Crippen LogP contribution is 2.34. The Hall–Kier alpha value is -4.07. The van der Waals surface area contributed by atoms with E-state index in [0.29, 0.717) is 28.8 Å². The van der Waals surface area contributed by atoms with Gasteiger partial charge in [0.25, 0.3) is 5.91 Å². The number of furan rings is 1. The highest BCUT2D eigenvalue weighted by molar-refractivity contribution is 6.14. The van der Waals surface area contributed by atoms with Gasteiger partial charge < -0.3 is 24.4 Å². The number of esters is 1. The number of fused-ring (bicyclic) bond motifs is 1. The first-order chi connectivity index (χ1) is 17.4. The first-order valence-electron chi connectivity index (χ1n) is 12.1. The van der Waals surface area contributed by atoms with Gasteiger partial charge in [0.1, 0.15) is 11.9 Å². The van der Waals surface area contributed by atoms with E-state index < -0.39 is 5.97 Å². The number of rotatable bonds is 10. The van der Waals surface area contributed by atoms with Gasteiger partial charge in [-0.2, -0.15) is 0 Å². The predicted molar refractivity (Wildman–Crippen MR) is 140 cm³/mol. The van der Waals surface area contributed by atoms with E-state index in [0.717, 1.165) is 18.5 Å². The van der Waals surface area contributed by atoms with E-state index in [-0.39, 0.29) is 23.6 Å². The van der Waals surface area contributed by atoms with Gasteiger partial charge >= 0.3 is 5.97 Å². The zero-order valence-corrected chi connectivity index (χ0v) is 21.1. The van der Waals surface area contributed by atoms with Crippen LogP contribution in [0.4, 0.5) is 11.4 Å². The topological polar surface area (TPSA) is 98.4 Å². The zero-order valence-electron chi connectivity index (χ0n) is 21.1. The second-order valence-electron chi connectivity index (χ2n) is 9.35. The largest absolute Gasteiger partial charge is 0.472 e. The molecule has 0 aliphatic carbocycles. The Kier molecular flexibility index (Phi) is 7.73. The lowest BCUT2D eigenvalue weighted by Crippen LogP contribution is -2.18. The number of hydrogen-bond donors (Lipinski definition) is 2. The molecule has 8 nitrogen and oxygen atoms in total. The van der Waals surface area contributed by atoms with Gasteiger partial charge in [-0.1, -0.05) is 44.2 Å². The summed E-state index contributed by atoms with van der Waals surface area (Å²) in [5.41, 5.74) is 3.69. The van der Waals surface area contributed by atoms with Gasteiger partial charge in [0, 0.05) is 18.0 Å². The Balaban J connectivity index is 1.69. The number of aromatic nitrogens is 2. The van der Waals surface area contributed by atoms with Crippen LogP contribution in [-0.2, 0) is 17.7 Å². The van der Waals surface area contributed by atoms with Crippen LogP contribution in [0.25, 0.3) is 11.0 Å². The van der Waals surface area contributed by atoms with Gasteiger partial charge in [-0.05, 0) is 43.4 Å². The molecular formula is C28H32N4O4. The van der Waals surface area contributed by atoms with Crippen molar-refractivity contribution >= 4 is 34.3 Å². The van der Waals surface area contributed by atoms with Gasteiger partial charge in [-0.25, -0.2) is 9.78 Å². The van der Waals surface area contributed by atoms with Crippen molar-refractivity contribution in [3.63, 3.8) is 0 Å². The predicted octanol–water partition coefficient (Wildman–Crippen LogP) is 5.76. The average molecular weight is 489 g/mol. The van der Waals surface area contributed by atoms with Crippen molar-refractivity contribution in [2.45, 2.75) is 46.2 Å². The Morgan fingerprint density at radius 3 is 2.58 bits per heavy atom. The highest BCUT2D eigenvalue weighted by Gasteiger charge is 2.27. The van der Waals surface area contributed by atoms with Crippen molar-refractivity contribution in [2.24, 2.45) is 5.92 Å². The lowest BCUT2D eigenvalue weighted by molar-refractivity contribution is 0.0589. The summed E-state index contributed by atoms with van der Waals surface area (Å²) < 4.78 is 12.0. The van der Waals surface area contributed by atoms with Crippen LogP contribution in [-0.4, -0.2) is 34.6 Å². The summed E-state index contributed by atoms with van der Waals surface area (Å²) in [4.78, 5) is 30.5. The van der Waals surface area contributed by atoms with E-state index in [4.69, 9.17) is 14.1 Å². The Bertz CT molecular complexity index is 1330. The van der Waals surface area contributed by atoms with Crippen LogP contribution in [0.5, 0.6) is 0 Å². The van der Waals surface area contributed by atoms with Crippen LogP contribution < -0.4 is 10.6 Å². The van der Waals surface area contributed by atoms with E-state index in [1.165, 1.54) is 25.2 Å². The smallest absolute Gasteiger partial charge is 0.356 e. The van der Waals surface area contributed by atoms with Gasteiger partial charge in [0.15, 0.2) is 5.69 Å². The molecular weight excluding hydrogens is 456 g/mol. The summed E-state index contributed by atoms with van der Waals surface area (Å²) in [7, 11) is 1.33. The maximum atomic E-state index is 12.9. The van der Waals surface area contributed by atoms with Gasteiger partial charge in [-0.3, -0.25) is 4.79 Å². The first kappa shape index (κ1) is 25.0. The quantitative estimate of drug-likeness (QED) is 0.276. The fourth-order valence-electron chi connectivity index (χ4n) is 4.25. The van der Waals surface area contributed by atoms with Gasteiger partial charge in [0.05, 0.1) is 36.5 Å². The summed E-state index contributed by atoms with van der Waals surface area (Å²) >= 11 is 0. The van der Waals surface area contributed by atoms with Crippen LogP contribution in [0.3, 0.4) is 0 Å². The second-order valence-corrected chi connectivity index (χ2v) is 9.35. The summed E-state index contributed by atoms with van der Waals surface area (Å²) in [6.45, 7) is 6.77. The number of benzene rings is 1. The Labute approximate surface area is 210 Å². The summed E-state index contributed by atoms with van der Waals surface area (Å²) in [5.74, 6) is -0.687. The average Bonchev–Trinajstić information content (AvgIpc) is 3.50. The lowest BCUT2D eigenvalue weighted by atomic mass is 10.1. The monoisotopic (exact) mass is 488 g/mol. The number of ether oxygens (including phenoxy) is 1. The van der Waals surface area contributed by atoms with Crippen LogP contribution in [0.2, 0.25) is 0 Å². The summed E-state index contributed by atoms with van der Waals surface area (Å²) in [5, 5.41) is 7.07. The number of hydrogen-bond acceptors (Lipinski definition) is 6. The summed E-state index contributed by atoms with van der Waals surface area (Å²) in [6.07, 6.45) is 6.45. The molecule has 0 bridgehead atoms. The van der Waals surface area contributed by atoms with Crippen molar-refractivity contribution in [2.75, 3.05) is 17.7 Å². The molecule has 0 radical (unpaired) electrons. The molecule has 8 heteroatoms. The van der Waals surface area contributed by atoms with Crippen molar-refractivity contribution in [1.29, 1.82) is 0 Å². The molecule has 1 atom stereocenters. The van der Waals surface area contributed by atoms with Crippen molar-refractivity contribution in [3.05, 3.63) is 78.0 Å². The maximum Gasteiger partial charge on any atom is 0.356 e. The molecule has 2 N–H and O–H groups in total. The molecule has 0 spiro atoms. The lowest BCUT2D eigenvalue weighted by Gasteiger charge is -2.15. The second kappa shape index (κ2) is 11.1. The van der Waals surface area contributed by atoms with E-state index in [1.807, 2.05) is 28.8 Å². The molecule has 0 saturated heterocycles. The number of anilines is 2. The van der Waals surface area contributed by atoms with Crippen LogP contribution >= 0.6 is 0 Å². The SMILES string of the molecule is COC(=O)c1c(NC(=O)c2ccoc2)c2cc(N[C@H](C)CCc3ccccc3)cnc2n1CC(C)C. The molecule has 0 unspecified atom stereocenters. The molecule has 188 valence electrons. The fraction of sp³-hybridized carbons (Fsp3) is 0.321. The molecule has 0 aliphatic rings. The Morgan fingerprint density at radius 1 is 1.14 bits per heavy atom. The molecule has 1 amide bonds. The normalized spacial score (nSPS) is 12.0. The van der Waals surface area contributed by atoms with Gasteiger partial charge in [0.2, 0.25) is 0 Å². The number of carbonyl (C=O) groups is 2. The van der Waals surface area contributed by atoms with Crippen LogP contribution in [0.15, 0.2) is 65.6 Å². The minimum Gasteiger partial charge on any atom is -0.472 e. The maximum absolute atomic E-state index is 12.9. The number of amides is 1. The van der Waals surface area contributed by atoms with E-state index in [9.17, 15) is 9.59 Å².